The Bertz CT molecular complexity index is 975. The Hall–Kier alpha value is -5.00. The SMILES string of the molecule is C=COC#CC(C#COC=C)(COCC(COC(=O)C=C)(COC(=O)C=C)COC(=O)C=C)COC(=O)C=C. The first-order valence-electron chi connectivity index (χ1n) is 11.0. The molecule has 0 spiro atoms. The number of hydrogen-bond donors (Lipinski definition) is 0. The molecule has 0 aromatic heterocycles. The van der Waals surface area contributed by atoms with Crippen LogP contribution >= 0.6 is 0 Å². The minimum absolute atomic E-state index is 0.350. The van der Waals surface area contributed by atoms with E-state index in [4.69, 9.17) is 33.2 Å². The summed E-state index contributed by atoms with van der Waals surface area (Å²) in [5.74, 6) is 2.19. The van der Waals surface area contributed by atoms with Crippen LogP contribution in [0.15, 0.2) is 76.3 Å². The molecule has 0 bridgehead atoms. The van der Waals surface area contributed by atoms with Gasteiger partial charge >= 0.3 is 23.9 Å². The van der Waals surface area contributed by atoms with Crippen LogP contribution in [0.5, 0.6) is 0 Å². The number of hydrogen-bond acceptors (Lipinski definition) is 11. The highest BCUT2D eigenvalue weighted by Gasteiger charge is 2.38. The van der Waals surface area contributed by atoms with Crippen molar-refractivity contribution in [1.82, 2.24) is 0 Å². The lowest BCUT2D eigenvalue weighted by Crippen LogP contribution is -2.44. The van der Waals surface area contributed by atoms with Crippen molar-refractivity contribution >= 4 is 23.9 Å². The maximum absolute atomic E-state index is 11.8. The molecule has 0 heterocycles. The molecule has 208 valence electrons. The third-order valence-corrected chi connectivity index (χ3v) is 4.31. The Kier molecular flexibility index (Phi) is 16.7. The molecule has 0 aliphatic rings. The molecule has 0 fully saturated rings. The summed E-state index contributed by atoms with van der Waals surface area (Å²) in [5.41, 5.74) is -2.96. The van der Waals surface area contributed by atoms with E-state index in [0.717, 1.165) is 36.8 Å². The Morgan fingerprint density at radius 2 is 0.897 bits per heavy atom. The maximum Gasteiger partial charge on any atom is 0.330 e. The van der Waals surface area contributed by atoms with Gasteiger partial charge in [-0.1, -0.05) is 39.5 Å². The first-order chi connectivity index (χ1) is 18.6. The number of carbonyl (C=O) groups excluding carboxylic acids is 4. The van der Waals surface area contributed by atoms with Crippen LogP contribution in [0.1, 0.15) is 0 Å². The highest BCUT2D eigenvalue weighted by atomic mass is 16.6. The van der Waals surface area contributed by atoms with Crippen LogP contribution < -0.4 is 0 Å². The van der Waals surface area contributed by atoms with Gasteiger partial charge in [0, 0.05) is 24.3 Å². The van der Waals surface area contributed by atoms with Crippen LogP contribution in [0.4, 0.5) is 0 Å². The molecular formula is C28H30O11. The molecule has 11 nitrogen and oxygen atoms in total. The van der Waals surface area contributed by atoms with Gasteiger partial charge in [0.25, 0.3) is 0 Å². The van der Waals surface area contributed by atoms with Gasteiger partial charge < -0.3 is 33.2 Å². The van der Waals surface area contributed by atoms with E-state index in [1.54, 1.807) is 0 Å². The highest BCUT2D eigenvalue weighted by Crippen LogP contribution is 2.24. The monoisotopic (exact) mass is 542 g/mol. The van der Waals surface area contributed by atoms with Crippen molar-refractivity contribution in [3.8, 4) is 24.1 Å². The van der Waals surface area contributed by atoms with Gasteiger partial charge in [0.05, 0.1) is 31.2 Å². The molecule has 0 aromatic rings. The maximum atomic E-state index is 11.8. The zero-order valence-corrected chi connectivity index (χ0v) is 21.4. The molecular weight excluding hydrogens is 512 g/mol. The second-order valence-corrected chi connectivity index (χ2v) is 7.35. The van der Waals surface area contributed by atoms with Crippen LogP contribution in [0.3, 0.4) is 0 Å². The van der Waals surface area contributed by atoms with Gasteiger partial charge in [0.2, 0.25) is 0 Å². The van der Waals surface area contributed by atoms with Crippen molar-refractivity contribution in [1.29, 1.82) is 0 Å². The highest BCUT2D eigenvalue weighted by molar-refractivity contribution is 5.82. The van der Waals surface area contributed by atoms with Gasteiger partial charge in [-0.05, 0) is 11.8 Å². The van der Waals surface area contributed by atoms with E-state index in [0.29, 0.717) is 0 Å². The van der Waals surface area contributed by atoms with Crippen LogP contribution in [-0.2, 0) is 52.3 Å². The fourth-order valence-corrected chi connectivity index (χ4v) is 2.35. The normalized spacial score (nSPS) is 9.85. The molecule has 0 saturated heterocycles. The number of ether oxygens (including phenoxy) is 7. The lowest BCUT2D eigenvalue weighted by atomic mass is 9.90. The molecule has 0 aliphatic heterocycles. The Morgan fingerprint density at radius 3 is 1.23 bits per heavy atom. The van der Waals surface area contributed by atoms with Gasteiger partial charge in [-0.15, -0.1) is 0 Å². The number of rotatable bonds is 18. The van der Waals surface area contributed by atoms with E-state index < -0.39 is 61.1 Å². The fourth-order valence-electron chi connectivity index (χ4n) is 2.35. The second kappa shape index (κ2) is 19.2. The Balaban J connectivity index is 6.30. The third-order valence-electron chi connectivity index (χ3n) is 4.31. The van der Waals surface area contributed by atoms with Crippen LogP contribution in [0.25, 0.3) is 0 Å². The van der Waals surface area contributed by atoms with Crippen LogP contribution in [0.2, 0.25) is 0 Å². The van der Waals surface area contributed by atoms with E-state index in [9.17, 15) is 19.2 Å². The average Bonchev–Trinajstić information content (AvgIpc) is 2.95. The Morgan fingerprint density at radius 1 is 0.538 bits per heavy atom. The van der Waals surface area contributed by atoms with E-state index in [2.05, 4.69) is 63.5 Å². The van der Waals surface area contributed by atoms with Gasteiger partial charge in [-0.2, -0.15) is 0 Å². The molecule has 0 atom stereocenters. The van der Waals surface area contributed by atoms with Crippen molar-refractivity contribution in [2.45, 2.75) is 0 Å². The molecule has 0 N–H and O–H groups in total. The third kappa shape index (κ3) is 14.4. The standard InChI is InChI=1S/C28H30O11/c1-7-23(29)36-19-27(13-15-33-11-5,14-16-34-12-6)17-35-18-28(20-37-24(30)8-2,21-38-25(31)9-3)22-39-26(32)10-4/h7-12H,1-6,17-22H2. The summed E-state index contributed by atoms with van der Waals surface area (Å²) < 4.78 is 36.2. The largest absolute Gasteiger partial charge is 0.462 e. The summed E-state index contributed by atoms with van der Waals surface area (Å²) in [5, 5.41) is 0. The average molecular weight is 543 g/mol. The van der Waals surface area contributed by atoms with E-state index >= 15 is 0 Å². The summed E-state index contributed by atoms with van der Waals surface area (Å²) >= 11 is 0. The minimum atomic E-state index is -1.54. The molecule has 0 amide bonds. The summed E-state index contributed by atoms with van der Waals surface area (Å²) in [6, 6.07) is 0. The lowest BCUT2D eigenvalue weighted by Gasteiger charge is -2.32. The lowest BCUT2D eigenvalue weighted by molar-refractivity contribution is -0.162. The van der Waals surface area contributed by atoms with Gasteiger partial charge in [0.15, 0.2) is 5.41 Å². The van der Waals surface area contributed by atoms with E-state index in [1.807, 2.05) is 0 Å². The first kappa shape index (κ1) is 34.0. The van der Waals surface area contributed by atoms with Crippen LogP contribution in [-0.4, -0.2) is 63.5 Å². The van der Waals surface area contributed by atoms with Crippen molar-refractivity contribution in [2.75, 3.05) is 39.6 Å². The second-order valence-electron chi connectivity index (χ2n) is 7.35. The topological polar surface area (TPSA) is 133 Å². The van der Waals surface area contributed by atoms with Crippen molar-refractivity contribution in [2.24, 2.45) is 10.8 Å². The van der Waals surface area contributed by atoms with Gasteiger partial charge in [0.1, 0.15) is 38.6 Å². The van der Waals surface area contributed by atoms with E-state index in [-0.39, 0.29) is 13.2 Å². The molecule has 39 heavy (non-hydrogen) atoms. The van der Waals surface area contributed by atoms with Crippen molar-refractivity contribution in [3.63, 3.8) is 0 Å². The summed E-state index contributed by atoms with van der Waals surface area (Å²) in [4.78, 5) is 47.1. The molecule has 11 heteroatoms. The number of esters is 4. The molecule has 0 aliphatic carbocycles. The van der Waals surface area contributed by atoms with Crippen molar-refractivity contribution < 1.29 is 52.3 Å². The van der Waals surface area contributed by atoms with Crippen LogP contribution in [0, 0.1) is 34.9 Å². The van der Waals surface area contributed by atoms with Gasteiger partial charge in [-0.3, -0.25) is 0 Å². The minimum Gasteiger partial charge on any atom is -0.462 e. The molecule has 0 aromatic carbocycles. The zero-order valence-electron chi connectivity index (χ0n) is 21.4. The quantitative estimate of drug-likeness (QED) is 0.0829. The predicted octanol–water partition coefficient (Wildman–Crippen LogP) is 2.13. The van der Waals surface area contributed by atoms with E-state index in [1.165, 1.54) is 0 Å². The summed E-state index contributed by atoms with van der Waals surface area (Å²) in [7, 11) is 0. The van der Waals surface area contributed by atoms with Gasteiger partial charge in [-0.25, -0.2) is 19.2 Å². The molecule has 0 unspecified atom stereocenters. The summed E-state index contributed by atoms with van der Waals surface area (Å²) in [6.07, 6.45) is 10.5. The number of carbonyl (C=O) groups is 4. The fraction of sp³-hybridized carbons (Fsp3) is 0.286. The molecule has 0 radical (unpaired) electrons. The first-order valence-corrected chi connectivity index (χ1v) is 11.0. The zero-order chi connectivity index (χ0) is 29.6. The summed E-state index contributed by atoms with van der Waals surface area (Å²) in [6.45, 7) is 17.7. The Labute approximate surface area is 227 Å². The smallest absolute Gasteiger partial charge is 0.330 e. The van der Waals surface area contributed by atoms with Crippen molar-refractivity contribution in [3.05, 3.63) is 76.3 Å². The molecule has 0 rings (SSSR count). The molecule has 0 saturated carbocycles. The predicted molar refractivity (Wildman–Crippen MR) is 138 cm³/mol.